The Morgan fingerprint density at radius 1 is 1.05 bits per heavy atom. The number of phenols is 2. The number of carbonyl (C=O) groups is 1. The van der Waals surface area contributed by atoms with Gasteiger partial charge in [0.05, 0.1) is 5.56 Å². The summed E-state index contributed by atoms with van der Waals surface area (Å²) in [6, 6.07) is 10.1. The number of rotatable bonds is 4. The molecule has 2 rings (SSSR count). The van der Waals surface area contributed by atoms with E-state index in [9.17, 15) is 14.8 Å². The van der Waals surface area contributed by atoms with E-state index < -0.39 is 5.78 Å². The van der Waals surface area contributed by atoms with Crippen LogP contribution in [0, 0.1) is 4.91 Å². The van der Waals surface area contributed by atoms with Crippen molar-refractivity contribution in [3.05, 3.63) is 64.6 Å². The first-order valence-corrected chi connectivity index (χ1v) is 5.78. The highest BCUT2D eigenvalue weighted by Gasteiger charge is 2.09. The second kappa shape index (κ2) is 5.79. The lowest BCUT2D eigenvalue weighted by Gasteiger charge is -2.00. The first-order valence-electron chi connectivity index (χ1n) is 5.78. The molecule has 0 aliphatic heterocycles. The Hall–Kier alpha value is -2.95. The SMILES string of the molecule is O=Nc1ccc(C(=O)/C=C/c2ccc(O)cc2)c(O)c1. The van der Waals surface area contributed by atoms with Crippen molar-refractivity contribution in [2.24, 2.45) is 5.18 Å². The molecule has 5 heteroatoms. The van der Waals surface area contributed by atoms with Gasteiger partial charge in [0.1, 0.15) is 17.2 Å². The minimum absolute atomic E-state index is 0.0570. The summed E-state index contributed by atoms with van der Waals surface area (Å²) in [5.41, 5.74) is 0.885. The van der Waals surface area contributed by atoms with Crippen molar-refractivity contribution < 1.29 is 15.0 Å². The van der Waals surface area contributed by atoms with Crippen molar-refractivity contribution in [3.63, 3.8) is 0 Å². The third-order valence-corrected chi connectivity index (χ3v) is 2.67. The van der Waals surface area contributed by atoms with Gasteiger partial charge in [-0.15, -0.1) is 4.91 Å². The van der Waals surface area contributed by atoms with Crippen LogP contribution in [0.4, 0.5) is 5.69 Å². The average molecular weight is 269 g/mol. The van der Waals surface area contributed by atoms with Gasteiger partial charge in [-0.1, -0.05) is 18.2 Å². The van der Waals surface area contributed by atoms with Crippen LogP contribution in [0.25, 0.3) is 6.08 Å². The van der Waals surface area contributed by atoms with E-state index in [-0.39, 0.29) is 22.7 Å². The first kappa shape index (κ1) is 13.5. The van der Waals surface area contributed by atoms with E-state index in [1.54, 1.807) is 18.2 Å². The molecule has 0 unspecified atom stereocenters. The van der Waals surface area contributed by atoms with Gasteiger partial charge in [0.2, 0.25) is 0 Å². The lowest BCUT2D eigenvalue weighted by atomic mass is 10.1. The van der Waals surface area contributed by atoms with Crippen molar-refractivity contribution in [3.8, 4) is 11.5 Å². The van der Waals surface area contributed by atoms with Crippen LogP contribution in [-0.4, -0.2) is 16.0 Å². The molecule has 0 radical (unpaired) electrons. The molecule has 20 heavy (non-hydrogen) atoms. The maximum atomic E-state index is 11.9. The molecule has 0 saturated heterocycles. The predicted octanol–water partition coefficient (Wildman–Crippen LogP) is 3.39. The Kier molecular flexibility index (Phi) is 3.91. The number of phenolic OH excluding ortho intramolecular Hbond substituents is 2. The van der Waals surface area contributed by atoms with E-state index >= 15 is 0 Å². The van der Waals surface area contributed by atoms with Crippen molar-refractivity contribution >= 4 is 17.5 Å². The molecule has 2 aromatic rings. The number of allylic oxidation sites excluding steroid dienone is 1. The summed E-state index contributed by atoms with van der Waals surface area (Å²) in [6.45, 7) is 0. The van der Waals surface area contributed by atoms with Crippen LogP contribution in [-0.2, 0) is 0 Å². The number of hydrogen-bond acceptors (Lipinski definition) is 5. The van der Waals surface area contributed by atoms with Crippen LogP contribution < -0.4 is 0 Å². The Morgan fingerprint density at radius 2 is 1.75 bits per heavy atom. The summed E-state index contributed by atoms with van der Waals surface area (Å²) in [4.78, 5) is 22.2. The summed E-state index contributed by atoms with van der Waals surface area (Å²) in [7, 11) is 0. The first-order chi connectivity index (χ1) is 9.60. The van der Waals surface area contributed by atoms with Crippen LogP contribution in [0.15, 0.2) is 53.7 Å². The zero-order valence-electron chi connectivity index (χ0n) is 10.4. The largest absolute Gasteiger partial charge is 0.508 e. The van der Waals surface area contributed by atoms with Gasteiger partial charge in [0.25, 0.3) is 0 Å². The highest BCUT2D eigenvalue weighted by atomic mass is 16.3. The van der Waals surface area contributed by atoms with Gasteiger partial charge in [0, 0.05) is 6.07 Å². The number of hydrogen-bond donors (Lipinski definition) is 2. The Labute approximate surface area is 114 Å². The average Bonchev–Trinajstić information content (AvgIpc) is 2.46. The van der Waals surface area contributed by atoms with E-state index in [4.69, 9.17) is 5.11 Å². The van der Waals surface area contributed by atoms with Gasteiger partial charge in [-0.2, -0.15) is 0 Å². The van der Waals surface area contributed by atoms with E-state index in [0.29, 0.717) is 0 Å². The van der Waals surface area contributed by atoms with Crippen molar-refractivity contribution in [1.29, 1.82) is 0 Å². The molecule has 5 nitrogen and oxygen atoms in total. The van der Waals surface area contributed by atoms with Gasteiger partial charge >= 0.3 is 0 Å². The summed E-state index contributed by atoms with van der Waals surface area (Å²) in [5, 5.41) is 21.4. The molecular formula is C15H11NO4. The minimum atomic E-state index is -0.395. The zero-order valence-corrected chi connectivity index (χ0v) is 10.4. The Morgan fingerprint density at radius 3 is 2.35 bits per heavy atom. The molecule has 0 bridgehead atoms. The standard InChI is InChI=1S/C15H11NO4/c17-12-5-1-10(2-6-12)3-8-14(18)13-7-4-11(16-20)9-15(13)19/h1-9,17,19H/b8-3+. The Balaban J connectivity index is 2.19. The van der Waals surface area contributed by atoms with Crippen molar-refractivity contribution in [2.45, 2.75) is 0 Å². The fraction of sp³-hybridized carbons (Fsp3) is 0. The van der Waals surface area contributed by atoms with Gasteiger partial charge in [0.15, 0.2) is 5.78 Å². The molecule has 100 valence electrons. The number of benzene rings is 2. The maximum Gasteiger partial charge on any atom is 0.189 e. The van der Waals surface area contributed by atoms with Crippen LogP contribution in [0.5, 0.6) is 11.5 Å². The third kappa shape index (κ3) is 3.08. The summed E-state index contributed by atoms with van der Waals surface area (Å²) in [6.07, 6.45) is 2.86. The molecule has 0 saturated carbocycles. The molecule has 0 fully saturated rings. The number of ketones is 1. The van der Waals surface area contributed by atoms with E-state index in [0.717, 1.165) is 11.6 Å². The summed E-state index contributed by atoms with van der Waals surface area (Å²) in [5.74, 6) is -0.543. The van der Waals surface area contributed by atoms with Gasteiger partial charge in [-0.3, -0.25) is 4.79 Å². The normalized spacial score (nSPS) is 10.6. The van der Waals surface area contributed by atoms with Gasteiger partial charge in [-0.25, -0.2) is 0 Å². The van der Waals surface area contributed by atoms with Crippen LogP contribution in [0.2, 0.25) is 0 Å². The minimum Gasteiger partial charge on any atom is -0.508 e. The summed E-state index contributed by atoms with van der Waals surface area (Å²) >= 11 is 0. The number of nitroso groups, excluding NO2 is 1. The molecule has 0 atom stereocenters. The molecule has 0 amide bonds. The molecule has 0 aliphatic rings. The van der Waals surface area contributed by atoms with Gasteiger partial charge in [-0.05, 0) is 41.1 Å². The summed E-state index contributed by atoms with van der Waals surface area (Å²) < 4.78 is 0. The fourth-order valence-corrected chi connectivity index (χ4v) is 1.63. The third-order valence-electron chi connectivity index (χ3n) is 2.67. The monoisotopic (exact) mass is 269 g/mol. The lowest BCUT2D eigenvalue weighted by Crippen LogP contribution is -1.94. The van der Waals surface area contributed by atoms with Crippen LogP contribution in [0.3, 0.4) is 0 Å². The molecule has 2 N–H and O–H groups in total. The highest BCUT2D eigenvalue weighted by molar-refractivity contribution is 6.08. The molecule has 0 aromatic heterocycles. The van der Waals surface area contributed by atoms with Crippen molar-refractivity contribution in [1.82, 2.24) is 0 Å². The predicted molar refractivity (Wildman–Crippen MR) is 75.0 cm³/mol. The van der Waals surface area contributed by atoms with E-state index in [1.807, 2.05) is 0 Å². The second-order valence-corrected chi connectivity index (χ2v) is 4.08. The number of carbonyl (C=O) groups excluding carboxylic acids is 1. The molecule has 0 spiro atoms. The number of nitrogens with zero attached hydrogens (tertiary/aromatic N) is 1. The Bertz CT molecular complexity index is 675. The lowest BCUT2D eigenvalue weighted by molar-refractivity contribution is 0.104. The smallest absolute Gasteiger partial charge is 0.189 e. The molecule has 2 aromatic carbocycles. The highest BCUT2D eigenvalue weighted by Crippen LogP contribution is 2.24. The maximum absolute atomic E-state index is 11.9. The van der Waals surface area contributed by atoms with E-state index in [1.165, 1.54) is 30.3 Å². The van der Waals surface area contributed by atoms with Crippen molar-refractivity contribution in [2.75, 3.05) is 0 Å². The topological polar surface area (TPSA) is 87.0 Å². The molecule has 0 aliphatic carbocycles. The number of aromatic hydroxyl groups is 2. The molecule has 0 heterocycles. The van der Waals surface area contributed by atoms with Crippen LogP contribution in [0.1, 0.15) is 15.9 Å². The second-order valence-electron chi connectivity index (χ2n) is 4.08. The van der Waals surface area contributed by atoms with Gasteiger partial charge < -0.3 is 10.2 Å². The molecular weight excluding hydrogens is 258 g/mol. The zero-order chi connectivity index (χ0) is 14.5. The van der Waals surface area contributed by atoms with E-state index in [2.05, 4.69) is 5.18 Å². The fourth-order valence-electron chi connectivity index (χ4n) is 1.63. The van der Waals surface area contributed by atoms with Crippen LogP contribution >= 0.6 is 0 Å². The quantitative estimate of drug-likeness (QED) is 0.506.